The SMILES string of the molecule is CC1NC(SCC(=O)NCc2ccccc2)NC(=O)C1CCO. The highest BCUT2D eigenvalue weighted by Crippen LogP contribution is 2.18. The molecule has 0 spiro atoms. The number of carbonyl (C=O) groups is 2. The van der Waals surface area contributed by atoms with Gasteiger partial charge in [-0.2, -0.15) is 0 Å². The predicted molar refractivity (Wildman–Crippen MR) is 90.5 cm³/mol. The van der Waals surface area contributed by atoms with Gasteiger partial charge in [0.1, 0.15) is 5.50 Å². The number of carbonyl (C=O) groups excluding carboxylic acids is 2. The van der Waals surface area contributed by atoms with Gasteiger partial charge in [-0.3, -0.25) is 14.9 Å². The second-order valence-corrected chi connectivity index (χ2v) is 6.63. The maximum Gasteiger partial charge on any atom is 0.230 e. The molecule has 0 saturated carbocycles. The first kappa shape index (κ1) is 17.8. The summed E-state index contributed by atoms with van der Waals surface area (Å²) >= 11 is 1.35. The fourth-order valence-corrected chi connectivity index (χ4v) is 3.41. The Morgan fingerprint density at radius 3 is 2.74 bits per heavy atom. The van der Waals surface area contributed by atoms with Crippen molar-refractivity contribution in [3.8, 4) is 0 Å². The maximum atomic E-state index is 12.0. The Morgan fingerprint density at radius 2 is 2.09 bits per heavy atom. The number of nitrogens with one attached hydrogen (secondary N) is 3. The molecule has 2 rings (SSSR count). The van der Waals surface area contributed by atoms with Crippen molar-refractivity contribution in [3.63, 3.8) is 0 Å². The van der Waals surface area contributed by atoms with E-state index in [9.17, 15) is 9.59 Å². The van der Waals surface area contributed by atoms with Crippen LogP contribution in [0.4, 0.5) is 0 Å². The van der Waals surface area contributed by atoms with Gasteiger partial charge in [0.15, 0.2) is 0 Å². The Labute approximate surface area is 140 Å². The largest absolute Gasteiger partial charge is 0.396 e. The molecule has 1 saturated heterocycles. The summed E-state index contributed by atoms with van der Waals surface area (Å²) in [5.41, 5.74) is 0.769. The summed E-state index contributed by atoms with van der Waals surface area (Å²) in [4.78, 5) is 23.9. The van der Waals surface area contributed by atoms with Crippen molar-refractivity contribution >= 4 is 23.6 Å². The van der Waals surface area contributed by atoms with E-state index in [1.807, 2.05) is 37.3 Å². The van der Waals surface area contributed by atoms with Crippen molar-refractivity contribution in [1.82, 2.24) is 16.0 Å². The number of aliphatic hydroxyl groups is 1. The molecule has 6 nitrogen and oxygen atoms in total. The summed E-state index contributed by atoms with van der Waals surface area (Å²) in [6.45, 7) is 2.41. The van der Waals surface area contributed by atoms with E-state index >= 15 is 0 Å². The van der Waals surface area contributed by atoms with E-state index in [2.05, 4.69) is 16.0 Å². The highest BCUT2D eigenvalue weighted by Gasteiger charge is 2.33. The van der Waals surface area contributed by atoms with Crippen LogP contribution in [0.1, 0.15) is 18.9 Å². The Balaban J connectivity index is 1.71. The van der Waals surface area contributed by atoms with Crippen LogP contribution in [-0.2, 0) is 16.1 Å². The molecule has 1 aromatic rings. The quantitative estimate of drug-likeness (QED) is 0.579. The van der Waals surface area contributed by atoms with E-state index in [1.54, 1.807) is 0 Å². The van der Waals surface area contributed by atoms with Crippen LogP contribution in [-0.4, -0.2) is 40.8 Å². The summed E-state index contributed by atoms with van der Waals surface area (Å²) in [5, 5.41) is 17.9. The highest BCUT2D eigenvalue weighted by atomic mass is 32.2. The van der Waals surface area contributed by atoms with E-state index in [0.29, 0.717) is 13.0 Å². The van der Waals surface area contributed by atoms with Gasteiger partial charge in [0.05, 0.1) is 11.7 Å². The highest BCUT2D eigenvalue weighted by molar-refractivity contribution is 8.00. The molecule has 0 aromatic heterocycles. The summed E-state index contributed by atoms with van der Waals surface area (Å²) in [7, 11) is 0. The van der Waals surface area contributed by atoms with Crippen LogP contribution in [0.2, 0.25) is 0 Å². The molecule has 1 heterocycles. The molecule has 0 radical (unpaired) electrons. The average molecular weight is 337 g/mol. The van der Waals surface area contributed by atoms with Crippen molar-refractivity contribution in [2.24, 2.45) is 5.92 Å². The molecule has 1 aliphatic rings. The third kappa shape index (κ3) is 5.53. The van der Waals surface area contributed by atoms with Crippen molar-refractivity contribution in [2.75, 3.05) is 12.4 Å². The van der Waals surface area contributed by atoms with Crippen LogP contribution in [0.5, 0.6) is 0 Å². The number of hydrogen-bond donors (Lipinski definition) is 4. The molecule has 3 atom stereocenters. The normalized spacial score (nSPS) is 24.1. The summed E-state index contributed by atoms with van der Waals surface area (Å²) in [6.07, 6.45) is 0.439. The van der Waals surface area contributed by atoms with Gasteiger partial charge in [0, 0.05) is 19.2 Å². The summed E-state index contributed by atoms with van der Waals surface area (Å²) in [6, 6.07) is 9.69. The van der Waals surface area contributed by atoms with Gasteiger partial charge in [-0.05, 0) is 18.9 Å². The number of aliphatic hydroxyl groups excluding tert-OH is 1. The third-order valence-corrected chi connectivity index (χ3v) is 4.80. The van der Waals surface area contributed by atoms with Crippen LogP contribution >= 0.6 is 11.8 Å². The van der Waals surface area contributed by atoms with E-state index < -0.39 is 0 Å². The Kier molecular flexibility index (Phi) is 6.88. The zero-order valence-electron chi connectivity index (χ0n) is 13.1. The lowest BCUT2D eigenvalue weighted by atomic mass is 9.95. The van der Waals surface area contributed by atoms with Gasteiger partial charge in [0.25, 0.3) is 0 Å². The van der Waals surface area contributed by atoms with Crippen molar-refractivity contribution in [2.45, 2.75) is 31.4 Å². The van der Waals surface area contributed by atoms with Gasteiger partial charge in [-0.25, -0.2) is 0 Å². The molecule has 0 bridgehead atoms. The monoisotopic (exact) mass is 337 g/mol. The standard InChI is InChI=1S/C16H23N3O3S/c1-11-13(7-8-20)15(22)19-16(18-11)23-10-14(21)17-9-12-5-3-2-4-6-12/h2-6,11,13,16,18,20H,7-10H2,1H3,(H,17,21)(H,19,22). The van der Waals surface area contributed by atoms with Gasteiger partial charge >= 0.3 is 0 Å². The number of benzene rings is 1. The maximum absolute atomic E-state index is 12.0. The molecule has 3 unspecified atom stereocenters. The topological polar surface area (TPSA) is 90.5 Å². The van der Waals surface area contributed by atoms with Crippen molar-refractivity contribution < 1.29 is 14.7 Å². The Hall–Kier alpha value is -1.57. The molecule has 1 fully saturated rings. The lowest BCUT2D eigenvalue weighted by molar-refractivity contribution is -0.128. The Morgan fingerprint density at radius 1 is 1.35 bits per heavy atom. The van der Waals surface area contributed by atoms with Crippen LogP contribution in [0.3, 0.4) is 0 Å². The van der Waals surface area contributed by atoms with Crippen LogP contribution in [0.25, 0.3) is 0 Å². The molecule has 0 aliphatic carbocycles. The minimum absolute atomic E-state index is 0.0101. The zero-order valence-corrected chi connectivity index (χ0v) is 13.9. The number of hydrogen-bond acceptors (Lipinski definition) is 5. The molecular formula is C16H23N3O3S. The van der Waals surface area contributed by atoms with Crippen LogP contribution in [0.15, 0.2) is 30.3 Å². The van der Waals surface area contributed by atoms with Gasteiger partial charge in [0.2, 0.25) is 11.8 Å². The first-order valence-corrected chi connectivity index (χ1v) is 8.74. The smallest absolute Gasteiger partial charge is 0.230 e. The lowest BCUT2D eigenvalue weighted by Gasteiger charge is -2.35. The molecule has 1 aliphatic heterocycles. The predicted octanol–water partition coefficient (Wildman–Crippen LogP) is 0.426. The van der Waals surface area contributed by atoms with Crippen LogP contribution < -0.4 is 16.0 Å². The molecule has 2 amide bonds. The average Bonchev–Trinajstić information content (AvgIpc) is 2.55. The number of rotatable bonds is 7. The van der Waals surface area contributed by atoms with Gasteiger partial charge in [-0.15, -0.1) is 11.8 Å². The van der Waals surface area contributed by atoms with E-state index in [4.69, 9.17) is 5.11 Å². The lowest BCUT2D eigenvalue weighted by Crippen LogP contribution is -2.59. The molecule has 23 heavy (non-hydrogen) atoms. The molecular weight excluding hydrogens is 314 g/mol. The summed E-state index contributed by atoms with van der Waals surface area (Å²) in [5.74, 6) is -0.112. The van der Waals surface area contributed by atoms with E-state index in [-0.39, 0.29) is 41.6 Å². The minimum atomic E-state index is -0.282. The minimum Gasteiger partial charge on any atom is -0.396 e. The first-order valence-electron chi connectivity index (χ1n) is 7.69. The molecule has 7 heteroatoms. The van der Waals surface area contributed by atoms with E-state index in [0.717, 1.165) is 5.56 Å². The third-order valence-electron chi connectivity index (χ3n) is 3.78. The van der Waals surface area contributed by atoms with E-state index in [1.165, 1.54) is 11.8 Å². The van der Waals surface area contributed by atoms with Crippen LogP contribution in [0, 0.1) is 5.92 Å². The van der Waals surface area contributed by atoms with Gasteiger partial charge < -0.3 is 15.7 Å². The fraction of sp³-hybridized carbons (Fsp3) is 0.500. The molecule has 4 N–H and O–H groups in total. The van der Waals surface area contributed by atoms with Crippen molar-refractivity contribution in [1.29, 1.82) is 0 Å². The Bertz CT molecular complexity index is 527. The van der Waals surface area contributed by atoms with Gasteiger partial charge in [-0.1, -0.05) is 30.3 Å². The first-order chi connectivity index (χ1) is 11.1. The second-order valence-electron chi connectivity index (χ2n) is 5.54. The molecule has 1 aromatic carbocycles. The number of amides is 2. The summed E-state index contributed by atoms with van der Waals surface area (Å²) < 4.78 is 0. The van der Waals surface area contributed by atoms with Crippen molar-refractivity contribution in [3.05, 3.63) is 35.9 Å². The molecule has 126 valence electrons. The number of thioether (sulfide) groups is 1. The fourth-order valence-electron chi connectivity index (χ4n) is 2.48. The zero-order chi connectivity index (χ0) is 16.7. The second kappa shape index (κ2) is 8.90.